The van der Waals surface area contributed by atoms with Gasteiger partial charge in [0.05, 0.1) is 17.8 Å². The minimum absolute atomic E-state index is 0.164. The van der Waals surface area contributed by atoms with E-state index in [0.717, 1.165) is 6.07 Å². The summed E-state index contributed by atoms with van der Waals surface area (Å²) >= 11 is 5.64. The van der Waals surface area contributed by atoms with E-state index in [-0.39, 0.29) is 16.4 Å². The van der Waals surface area contributed by atoms with Crippen molar-refractivity contribution in [3.05, 3.63) is 53.3 Å². The molecule has 2 aromatic rings. The third-order valence-electron chi connectivity index (χ3n) is 3.89. The van der Waals surface area contributed by atoms with Crippen LogP contribution in [-0.4, -0.2) is 42.3 Å². The molecule has 3 rings (SSSR count). The SMILES string of the molecule is COc1ccc(N2C(=O)C(=O)N(CC(=O)Nc3ccc(F)c(Cl)c3)C2=O)cc1. The number of amides is 5. The van der Waals surface area contributed by atoms with Crippen molar-refractivity contribution in [3.8, 4) is 5.75 Å². The van der Waals surface area contributed by atoms with Crippen LogP contribution in [0.25, 0.3) is 0 Å². The number of benzene rings is 2. The lowest BCUT2D eigenvalue weighted by atomic mass is 10.3. The van der Waals surface area contributed by atoms with Crippen LogP contribution < -0.4 is 15.0 Å². The molecule has 0 spiro atoms. The van der Waals surface area contributed by atoms with Gasteiger partial charge in [0, 0.05) is 5.69 Å². The van der Waals surface area contributed by atoms with Gasteiger partial charge in [-0.15, -0.1) is 0 Å². The predicted molar refractivity (Wildman–Crippen MR) is 97.6 cm³/mol. The van der Waals surface area contributed by atoms with Crippen molar-refractivity contribution in [2.45, 2.75) is 0 Å². The molecule has 0 saturated carbocycles. The maximum absolute atomic E-state index is 13.2. The van der Waals surface area contributed by atoms with Gasteiger partial charge in [-0.25, -0.2) is 19.0 Å². The van der Waals surface area contributed by atoms with Crippen molar-refractivity contribution in [1.82, 2.24) is 4.90 Å². The van der Waals surface area contributed by atoms with E-state index in [2.05, 4.69) is 5.32 Å². The lowest BCUT2D eigenvalue weighted by molar-refractivity contribution is -0.140. The van der Waals surface area contributed by atoms with Crippen LogP contribution in [0.4, 0.5) is 20.6 Å². The van der Waals surface area contributed by atoms with Crippen molar-refractivity contribution in [2.75, 3.05) is 23.9 Å². The number of nitrogens with zero attached hydrogens (tertiary/aromatic N) is 2. The van der Waals surface area contributed by atoms with Crippen LogP contribution in [0.5, 0.6) is 5.75 Å². The van der Waals surface area contributed by atoms with Crippen LogP contribution in [0.3, 0.4) is 0 Å². The molecule has 0 aliphatic carbocycles. The molecule has 8 nitrogen and oxygen atoms in total. The monoisotopic (exact) mass is 405 g/mol. The molecule has 144 valence electrons. The Morgan fingerprint density at radius 1 is 1.11 bits per heavy atom. The Kier molecular flexibility index (Phi) is 5.27. The molecule has 1 saturated heterocycles. The molecule has 0 unspecified atom stereocenters. The van der Waals surface area contributed by atoms with E-state index in [1.165, 1.54) is 43.5 Å². The molecular formula is C18H13ClFN3O5. The fraction of sp³-hybridized carbons (Fsp3) is 0.111. The first-order valence-corrected chi connectivity index (χ1v) is 8.28. The van der Waals surface area contributed by atoms with Crippen LogP contribution in [0.1, 0.15) is 0 Å². The van der Waals surface area contributed by atoms with Crippen LogP contribution >= 0.6 is 11.6 Å². The fourth-order valence-corrected chi connectivity index (χ4v) is 2.70. The minimum Gasteiger partial charge on any atom is -0.497 e. The van der Waals surface area contributed by atoms with Gasteiger partial charge in [-0.05, 0) is 42.5 Å². The predicted octanol–water partition coefficient (Wildman–Crippen LogP) is 2.42. The Morgan fingerprint density at radius 2 is 1.79 bits per heavy atom. The summed E-state index contributed by atoms with van der Waals surface area (Å²) in [5.74, 6) is -3.12. The van der Waals surface area contributed by atoms with Gasteiger partial charge in [0.25, 0.3) is 0 Å². The largest absolute Gasteiger partial charge is 0.497 e. The van der Waals surface area contributed by atoms with Crippen LogP contribution in [0.15, 0.2) is 42.5 Å². The molecule has 1 N–H and O–H groups in total. The average Bonchev–Trinajstić information content (AvgIpc) is 2.88. The standard InChI is InChI=1S/C18H13ClFN3O5/c1-28-12-5-3-11(4-6-12)23-17(26)16(25)22(18(23)27)9-15(24)21-10-2-7-14(20)13(19)8-10/h2-8H,9H2,1H3,(H,21,24). The highest BCUT2D eigenvalue weighted by molar-refractivity contribution is 6.53. The number of nitrogens with one attached hydrogen (secondary N) is 1. The molecule has 1 aliphatic heterocycles. The molecule has 10 heteroatoms. The van der Waals surface area contributed by atoms with Gasteiger partial charge in [-0.2, -0.15) is 0 Å². The molecule has 0 bridgehead atoms. The number of hydrogen-bond donors (Lipinski definition) is 1. The lowest BCUT2D eigenvalue weighted by Crippen LogP contribution is -2.39. The van der Waals surface area contributed by atoms with Gasteiger partial charge < -0.3 is 10.1 Å². The van der Waals surface area contributed by atoms with Crippen molar-refractivity contribution in [2.24, 2.45) is 0 Å². The molecule has 1 fully saturated rings. The van der Waals surface area contributed by atoms with Gasteiger partial charge in [0.1, 0.15) is 18.1 Å². The molecule has 2 aromatic carbocycles. The number of ether oxygens (including phenoxy) is 1. The minimum atomic E-state index is -1.13. The lowest BCUT2D eigenvalue weighted by Gasteiger charge is -2.15. The van der Waals surface area contributed by atoms with Crippen molar-refractivity contribution < 1.29 is 28.3 Å². The summed E-state index contributed by atoms with van der Waals surface area (Å²) in [6, 6.07) is 8.46. The molecule has 1 heterocycles. The highest BCUT2D eigenvalue weighted by Crippen LogP contribution is 2.25. The fourth-order valence-electron chi connectivity index (χ4n) is 2.52. The smallest absolute Gasteiger partial charge is 0.339 e. The Hall–Kier alpha value is -3.46. The van der Waals surface area contributed by atoms with Crippen LogP contribution in [0.2, 0.25) is 5.02 Å². The summed E-state index contributed by atoms with van der Waals surface area (Å²) in [4.78, 5) is 50.2. The number of carbonyl (C=O) groups is 4. The highest BCUT2D eigenvalue weighted by atomic mass is 35.5. The van der Waals surface area contributed by atoms with Crippen molar-refractivity contribution >= 4 is 46.7 Å². The second kappa shape index (κ2) is 7.65. The summed E-state index contributed by atoms with van der Waals surface area (Å²) in [6.45, 7) is -0.689. The van der Waals surface area contributed by atoms with Crippen molar-refractivity contribution in [3.63, 3.8) is 0 Å². The number of rotatable bonds is 5. The molecule has 0 aromatic heterocycles. The third kappa shape index (κ3) is 3.65. The van der Waals surface area contributed by atoms with Gasteiger partial charge in [-0.1, -0.05) is 11.6 Å². The zero-order chi connectivity index (χ0) is 20.4. The Morgan fingerprint density at radius 3 is 2.39 bits per heavy atom. The topological polar surface area (TPSA) is 96.0 Å². The molecule has 0 atom stereocenters. The van der Waals surface area contributed by atoms with Gasteiger partial charge >= 0.3 is 17.8 Å². The van der Waals surface area contributed by atoms with Crippen molar-refractivity contribution in [1.29, 1.82) is 0 Å². The second-order valence-corrected chi connectivity index (χ2v) is 6.10. The first kappa shape index (κ1) is 19.3. The maximum atomic E-state index is 13.2. The first-order valence-electron chi connectivity index (χ1n) is 7.90. The number of imide groups is 2. The highest BCUT2D eigenvalue weighted by Gasteiger charge is 2.46. The molecule has 1 aliphatic rings. The number of methoxy groups -OCH3 is 1. The van der Waals surface area contributed by atoms with E-state index in [9.17, 15) is 23.6 Å². The van der Waals surface area contributed by atoms with Gasteiger partial charge in [-0.3, -0.25) is 14.4 Å². The van der Waals surface area contributed by atoms with Crippen LogP contribution in [-0.2, 0) is 14.4 Å². The zero-order valence-electron chi connectivity index (χ0n) is 14.4. The average molecular weight is 406 g/mol. The van der Waals surface area contributed by atoms with E-state index in [1.54, 1.807) is 0 Å². The van der Waals surface area contributed by atoms with E-state index in [4.69, 9.17) is 16.3 Å². The summed E-state index contributed by atoms with van der Waals surface area (Å²) in [7, 11) is 1.46. The van der Waals surface area contributed by atoms with Gasteiger partial charge in [0.15, 0.2) is 0 Å². The Labute approximate surface area is 163 Å². The summed E-state index contributed by atoms with van der Waals surface area (Å²) in [6.07, 6.45) is 0. The maximum Gasteiger partial charge on any atom is 0.339 e. The van der Waals surface area contributed by atoms with E-state index >= 15 is 0 Å². The molecule has 28 heavy (non-hydrogen) atoms. The molecule has 5 amide bonds. The number of halogens is 2. The van der Waals surface area contributed by atoms with Crippen LogP contribution in [0, 0.1) is 5.82 Å². The zero-order valence-corrected chi connectivity index (χ0v) is 15.2. The van der Waals surface area contributed by atoms with E-state index in [0.29, 0.717) is 15.5 Å². The van der Waals surface area contributed by atoms with E-state index < -0.39 is 36.1 Å². The second-order valence-electron chi connectivity index (χ2n) is 5.69. The normalized spacial score (nSPS) is 13.9. The van der Waals surface area contributed by atoms with Gasteiger partial charge in [0.2, 0.25) is 5.91 Å². The quantitative estimate of drug-likeness (QED) is 0.608. The number of hydrogen-bond acceptors (Lipinski definition) is 5. The number of urea groups is 1. The first-order chi connectivity index (χ1) is 13.3. The Bertz CT molecular complexity index is 980. The number of anilines is 2. The third-order valence-corrected chi connectivity index (χ3v) is 4.18. The molecule has 0 radical (unpaired) electrons. The number of carbonyl (C=O) groups excluding carboxylic acids is 4. The summed E-state index contributed by atoms with van der Waals surface area (Å²) in [5.41, 5.74) is 0.339. The summed E-state index contributed by atoms with van der Waals surface area (Å²) < 4.78 is 18.2. The molecular weight excluding hydrogens is 393 g/mol. The van der Waals surface area contributed by atoms with E-state index in [1.807, 2.05) is 0 Å². The Balaban J connectivity index is 1.73. The summed E-state index contributed by atoms with van der Waals surface area (Å²) in [5, 5.41) is 2.18.